The number of nitrogens with one attached hydrogen (secondary N) is 1. The minimum Gasteiger partial charge on any atom is -0.396 e. The maximum absolute atomic E-state index is 11.9. The fourth-order valence-electron chi connectivity index (χ4n) is 1.32. The molecule has 0 aliphatic rings. The molecule has 0 heterocycles. The molecule has 0 bridgehead atoms. The Hall–Kier alpha value is -0.570. The van der Waals surface area contributed by atoms with Crippen molar-refractivity contribution >= 4 is 5.91 Å². The Morgan fingerprint density at radius 2 is 1.69 bits per heavy atom. The number of aliphatic hydroxyl groups is 1. The van der Waals surface area contributed by atoms with E-state index in [4.69, 9.17) is 5.11 Å². The summed E-state index contributed by atoms with van der Waals surface area (Å²) in [6, 6.07) is 0. The van der Waals surface area contributed by atoms with Crippen molar-refractivity contribution < 1.29 is 9.90 Å². The van der Waals surface area contributed by atoms with Crippen molar-refractivity contribution in [2.24, 2.45) is 10.8 Å². The Labute approximate surface area is 99.6 Å². The van der Waals surface area contributed by atoms with Crippen molar-refractivity contribution in [1.82, 2.24) is 5.32 Å². The Balaban J connectivity index is 4.05. The van der Waals surface area contributed by atoms with E-state index in [1.165, 1.54) is 0 Å². The molecule has 0 fully saturated rings. The topological polar surface area (TPSA) is 49.3 Å². The van der Waals surface area contributed by atoms with Gasteiger partial charge < -0.3 is 10.4 Å². The number of aliphatic hydroxyl groups excluding tert-OH is 1. The number of amides is 1. The van der Waals surface area contributed by atoms with Crippen LogP contribution in [-0.2, 0) is 4.79 Å². The molecule has 0 aromatic heterocycles. The molecular formula is C13H27NO2. The van der Waals surface area contributed by atoms with Gasteiger partial charge in [0.05, 0.1) is 0 Å². The predicted octanol–water partition coefficient (Wildman–Crippen LogP) is 2.34. The van der Waals surface area contributed by atoms with E-state index in [1.54, 1.807) is 0 Å². The quantitative estimate of drug-likeness (QED) is 0.687. The zero-order chi connectivity index (χ0) is 12.8. The molecule has 0 unspecified atom stereocenters. The van der Waals surface area contributed by atoms with E-state index in [1.807, 2.05) is 13.8 Å². The molecule has 2 N–H and O–H groups in total. The van der Waals surface area contributed by atoms with Crippen molar-refractivity contribution in [3.63, 3.8) is 0 Å². The van der Waals surface area contributed by atoms with E-state index in [-0.39, 0.29) is 23.3 Å². The summed E-state index contributed by atoms with van der Waals surface area (Å²) in [6.45, 7) is 11.2. The van der Waals surface area contributed by atoms with Crippen molar-refractivity contribution in [3.05, 3.63) is 0 Å². The van der Waals surface area contributed by atoms with Crippen LogP contribution in [0.5, 0.6) is 0 Å². The van der Waals surface area contributed by atoms with Gasteiger partial charge >= 0.3 is 0 Å². The van der Waals surface area contributed by atoms with E-state index in [9.17, 15) is 4.79 Å². The first kappa shape index (κ1) is 15.4. The lowest BCUT2D eigenvalue weighted by Crippen LogP contribution is -2.38. The van der Waals surface area contributed by atoms with Crippen LogP contribution in [0.15, 0.2) is 0 Å². The molecule has 0 saturated heterocycles. The Kier molecular flexibility index (Phi) is 6.01. The molecule has 3 heteroatoms. The van der Waals surface area contributed by atoms with Crippen LogP contribution in [0.2, 0.25) is 0 Å². The summed E-state index contributed by atoms with van der Waals surface area (Å²) < 4.78 is 0. The molecule has 0 aliphatic carbocycles. The van der Waals surface area contributed by atoms with Gasteiger partial charge in [0.2, 0.25) is 5.91 Å². The summed E-state index contributed by atoms with van der Waals surface area (Å²) >= 11 is 0. The van der Waals surface area contributed by atoms with E-state index in [0.29, 0.717) is 13.0 Å². The number of carbonyl (C=O) groups excluding carboxylic acids is 1. The molecule has 3 nitrogen and oxygen atoms in total. The smallest absolute Gasteiger partial charge is 0.225 e. The molecular weight excluding hydrogens is 202 g/mol. The highest BCUT2D eigenvalue weighted by Gasteiger charge is 2.28. The van der Waals surface area contributed by atoms with Crippen LogP contribution in [0, 0.1) is 10.8 Å². The number of carbonyl (C=O) groups is 1. The molecule has 1 amide bonds. The van der Waals surface area contributed by atoms with E-state index in [0.717, 1.165) is 12.8 Å². The molecule has 0 radical (unpaired) electrons. The largest absolute Gasteiger partial charge is 0.396 e. The Bertz CT molecular complexity index is 216. The second-order valence-corrected chi connectivity index (χ2v) is 6.28. The normalized spacial score (nSPS) is 12.6. The SMILES string of the molecule is CC(C)(C)CCC(C)(C)C(=O)NCCCO. The zero-order valence-electron chi connectivity index (χ0n) is 11.4. The summed E-state index contributed by atoms with van der Waals surface area (Å²) in [5.74, 6) is 0.0881. The number of hydrogen-bond acceptors (Lipinski definition) is 2. The molecule has 0 saturated carbocycles. The number of rotatable bonds is 6. The van der Waals surface area contributed by atoms with Gasteiger partial charge in [-0.25, -0.2) is 0 Å². The Morgan fingerprint density at radius 3 is 2.12 bits per heavy atom. The zero-order valence-corrected chi connectivity index (χ0v) is 11.4. The summed E-state index contributed by atoms with van der Waals surface area (Å²) in [5.41, 5.74) is -0.0502. The highest BCUT2D eigenvalue weighted by molar-refractivity contribution is 5.81. The Morgan fingerprint density at radius 1 is 1.12 bits per heavy atom. The minimum absolute atomic E-state index is 0.0881. The summed E-state index contributed by atoms with van der Waals surface area (Å²) in [7, 11) is 0. The van der Waals surface area contributed by atoms with Crippen LogP contribution in [0.4, 0.5) is 0 Å². The van der Waals surface area contributed by atoms with Gasteiger partial charge in [0, 0.05) is 18.6 Å². The first-order chi connectivity index (χ1) is 7.19. The van der Waals surface area contributed by atoms with E-state index < -0.39 is 0 Å². The third-order valence-electron chi connectivity index (χ3n) is 2.74. The molecule has 0 atom stereocenters. The summed E-state index contributed by atoms with van der Waals surface area (Å²) in [6.07, 6.45) is 2.55. The first-order valence-electron chi connectivity index (χ1n) is 6.08. The molecule has 0 aliphatic heterocycles. The van der Waals surface area contributed by atoms with Gasteiger partial charge in [-0.05, 0) is 24.7 Å². The van der Waals surface area contributed by atoms with Gasteiger partial charge in [0.25, 0.3) is 0 Å². The third-order valence-corrected chi connectivity index (χ3v) is 2.74. The van der Waals surface area contributed by atoms with Gasteiger partial charge in [-0.1, -0.05) is 34.6 Å². The highest BCUT2D eigenvalue weighted by atomic mass is 16.3. The predicted molar refractivity (Wildman–Crippen MR) is 67.2 cm³/mol. The second kappa shape index (κ2) is 6.24. The van der Waals surface area contributed by atoms with Crippen LogP contribution in [0.1, 0.15) is 53.9 Å². The fraction of sp³-hybridized carbons (Fsp3) is 0.923. The fourth-order valence-corrected chi connectivity index (χ4v) is 1.32. The van der Waals surface area contributed by atoms with Crippen LogP contribution in [-0.4, -0.2) is 24.2 Å². The van der Waals surface area contributed by atoms with Gasteiger partial charge in [0.15, 0.2) is 0 Å². The van der Waals surface area contributed by atoms with Gasteiger partial charge in [0.1, 0.15) is 0 Å². The van der Waals surface area contributed by atoms with E-state index in [2.05, 4.69) is 26.1 Å². The van der Waals surface area contributed by atoms with E-state index >= 15 is 0 Å². The molecule has 0 rings (SSSR count). The van der Waals surface area contributed by atoms with Crippen molar-refractivity contribution in [2.45, 2.75) is 53.9 Å². The molecule has 0 aromatic carbocycles. The molecule has 16 heavy (non-hydrogen) atoms. The summed E-state index contributed by atoms with van der Waals surface area (Å²) in [4.78, 5) is 11.9. The van der Waals surface area contributed by atoms with Crippen LogP contribution >= 0.6 is 0 Å². The van der Waals surface area contributed by atoms with Crippen LogP contribution < -0.4 is 5.32 Å². The van der Waals surface area contributed by atoms with Gasteiger partial charge in [-0.15, -0.1) is 0 Å². The number of hydrogen-bond donors (Lipinski definition) is 2. The molecule has 0 aromatic rings. The van der Waals surface area contributed by atoms with Crippen LogP contribution in [0.3, 0.4) is 0 Å². The van der Waals surface area contributed by atoms with Crippen molar-refractivity contribution in [2.75, 3.05) is 13.2 Å². The third kappa shape index (κ3) is 6.83. The molecule has 0 spiro atoms. The summed E-state index contributed by atoms with van der Waals surface area (Å²) in [5, 5.41) is 11.5. The monoisotopic (exact) mass is 229 g/mol. The maximum Gasteiger partial charge on any atom is 0.225 e. The lowest BCUT2D eigenvalue weighted by Gasteiger charge is -2.27. The average Bonchev–Trinajstić information content (AvgIpc) is 2.14. The lowest BCUT2D eigenvalue weighted by atomic mass is 9.79. The lowest BCUT2D eigenvalue weighted by molar-refractivity contribution is -0.129. The van der Waals surface area contributed by atoms with Gasteiger partial charge in [-0.3, -0.25) is 4.79 Å². The average molecular weight is 229 g/mol. The highest BCUT2D eigenvalue weighted by Crippen LogP contribution is 2.30. The standard InChI is InChI=1S/C13H27NO2/c1-12(2,3)7-8-13(4,5)11(16)14-9-6-10-15/h15H,6-10H2,1-5H3,(H,14,16). The first-order valence-corrected chi connectivity index (χ1v) is 6.08. The van der Waals surface area contributed by atoms with Crippen molar-refractivity contribution in [3.8, 4) is 0 Å². The van der Waals surface area contributed by atoms with Crippen molar-refractivity contribution in [1.29, 1.82) is 0 Å². The van der Waals surface area contributed by atoms with Crippen LogP contribution in [0.25, 0.3) is 0 Å². The molecule has 96 valence electrons. The minimum atomic E-state index is -0.317. The maximum atomic E-state index is 11.9. The van der Waals surface area contributed by atoms with Gasteiger partial charge in [-0.2, -0.15) is 0 Å². The second-order valence-electron chi connectivity index (χ2n) is 6.28.